The fourth-order valence-corrected chi connectivity index (χ4v) is 2.98. The normalized spacial score (nSPS) is 10.3. The lowest BCUT2D eigenvalue weighted by molar-refractivity contribution is 1.45. The molecule has 2 N–H and O–H groups in total. The van der Waals surface area contributed by atoms with Gasteiger partial charge in [0.1, 0.15) is 0 Å². The van der Waals surface area contributed by atoms with Gasteiger partial charge in [0.15, 0.2) is 0 Å². The number of hydrogen-bond donors (Lipinski definition) is 1. The van der Waals surface area contributed by atoms with Crippen LogP contribution in [-0.4, -0.2) is 0 Å². The smallest absolute Gasteiger partial charge is 0.0991 e. The Hall–Kier alpha value is -1.05. The third-order valence-corrected chi connectivity index (χ3v) is 3.75. The molecular weight excluding hydrogens is 260 g/mol. The number of alkyl halides is 1. The van der Waals surface area contributed by atoms with Crippen LogP contribution >= 0.6 is 27.3 Å². The Morgan fingerprint density at radius 1 is 1.50 bits per heavy atom. The second kappa shape index (κ2) is 3.60. The summed E-state index contributed by atoms with van der Waals surface area (Å²) in [5.74, 6) is 0. The fraction of sp³-hybridized carbons (Fsp3) is 0.100. The largest absolute Gasteiger partial charge is 0.398 e. The lowest BCUT2D eigenvalue weighted by atomic mass is 10.1. The molecule has 1 aromatic carbocycles. The third kappa shape index (κ3) is 1.39. The monoisotopic (exact) mass is 266 g/mol. The van der Waals surface area contributed by atoms with Crippen molar-refractivity contribution >= 4 is 43.0 Å². The molecule has 0 fully saturated rings. The summed E-state index contributed by atoms with van der Waals surface area (Å²) in [6, 6.07) is 5.88. The quantitative estimate of drug-likeness (QED) is 0.806. The van der Waals surface area contributed by atoms with E-state index in [2.05, 4.69) is 22.0 Å². The fourth-order valence-electron chi connectivity index (χ4n) is 1.39. The van der Waals surface area contributed by atoms with E-state index in [9.17, 15) is 0 Å². The van der Waals surface area contributed by atoms with E-state index in [0.29, 0.717) is 5.56 Å². The van der Waals surface area contributed by atoms with Gasteiger partial charge in [-0.15, -0.1) is 11.3 Å². The van der Waals surface area contributed by atoms with Gasteiger partial charge in [0.2, 0.25) is 0 Å². The SMILES string of the molecule is N#Cc1cc(CBr)c2scc(N)c2c1. The second-order valence-corrected chi connectivity index (χ2v) is 4.39. The van der Waals surface area contributed by atoms with Gasteiger partial charge in [0.05, 0.1) is 17.3 Å². The first-order valence-electron chi connectivity index (χ1n) is 4.02. The van der Waals surface area contributed by atoms with Crippen LogP contribution < -0.4 is 5.73 Å². The predicted molar refractivity (Wildman–Crippen MR) is 63.6 cm³/mol. The maximum Gasteiger partial charge on any atom is 0.0991 e. The molecule has 14 heavy (non-hydrogen) atoms. The van der Waals surface area contributed by atoms with Gasteiger partial charge >= 0.3 is 0 Å². The van der Waals surface area contributed by atoms with E-state index in [1.807, 2.05) is 17.5 Å². The van der Waals surface area contributed by atoms with Crippen LogP contribution in [-0.2, 0) is 5.33 Å². The lowest BCUT2D eigenvalue weighted by Crippen LogP contribution is -1.85. The number of anilines is 1. The number of nitrogens with zero attached hydrogens (tertiary/aromatic N) is 1. The Morgan fingerprint density at radius 3 is 2.93 bits per heavy atom. The van der Waals surface area contributed by atoms with E-state index in [-0.39, 0.29) is 0 Å². The first-order valence-corrected chi connectivity index (χ1v) is 6.02. The third-order valence-electron chi connectivity index (χ3n) is 2.05. The Labute approximate surface area is 94.1 Å². The first-order chi connectivity index (χ1) is 6.76. The van der Waals surface area contributed by atoms with Crippen molar-refractivity contribution < 1.29 is 0 Å². The summed E-state index contributed by atoms with van der Waals surface area (Å²) in [7, 11) is 0. The molecule has 2 aromatic rings. The average molecular weight is 267 g/mol. The highest BCUT2D eigenvalue weighted by Gasteiger charge is 2.07. The minimum Gasteiger partial charge on any atom is -0.398 e. The van der Waals surface area contributed by atoms with Crippen molar-refractivity contribution in [1.82, 2.24) is 0 Å². The summed E-state index contributed by atoms with van der Waals surface area (Å²) in [4.78, 5) is 0. The van der Waals surface area contributed by atoms with Gasteiger partial charge in [-0.05, 0) is 17.7 Å². The molecule has 70 valence electrons. The van der Waals surface area contributed by atoms with Gasteiger partial charge in [-0.2, -0.15) is 5.26 Å². The molecule has 0 spiro atoms. The van der Waals surface area contributed by atoms with Crippen LogP contribution in [0.5, 0.6) is 0 Å². The molecule has 0 saturated carbocycles. The zero-order valence-corrected chi connectivity index (χ0v) is 9.65. The molecule has 4 heteroatoms. The van der Waals surface area contributed by atoms with Crippen molar-refractivity contribution in [2.24, 2.45) is 0 Å². The Morgan fingerprint density at radius 2 is 2.29 bits per heavy atom. The zero-order valence-electron chi connectivity index (χ0n) is 7.25. The maximum absolute atomic E-state index is 8.84. The molecule has 0 saturated heterocycles. The standard InChI is InChI=1S/C10H7BrN2S/c11-3-7-1-6(4-12)2-8-9(13)5-14-10(7)8/h1-2,5H,3,13H2. The first kappa shape index (κ1) is 9.50. The molecule has 0 atom stereocenters. The van der Waals surface area contributed by atoms with Crippen molar-refractivity contribution in [2.45, 2.75) is 5.33 Å². The number of hydrogen-bond acceptors (Lipinski definition) is 3. The van der Waals surface area contributed by atoms with Crippen molar-refractivity contribution in [1.29, 1.82) is 5.26 Å². The van der Waals surface area contributed by atoms with E-state index in [4.69, 9.17) is 11.0 Å². The van der Waals surface area contributed by atoms with Crippen LogP contribution in [0.4, 0.5) is 5.69 Å². The van der Waals surface area contributed by atoms with E-state index in [1.165, 1.54) is 4.70 Å². The Bertz CT molecular complexity index is 525. The molecule has 0 unspecified atom stereocenters. The van der Waals surface area contributed by atoms with E-state index < -0.39 is 0 Å². The number of rotatable bonds is 1. The molecule has 0 aliphatic rings. The molecule has 0 radical (unpaired) electrons. The summed E-state index contributed by atoms with van der Waals surface area (Å²) in [5, 5.41) is 12.5. The molecule has 0 amide bonds. The van der Waals surface area contributed by atoms with Gasteiger partial charge in [-0.1, -0.05) is 15.9 Å². The van der Waals surface area contributed by atoms with Crippen LogP contribution in [0.3, 0.4) is 0 Å². The molecule has 1 heterocycles. The zero-order chi connectivity index (χ0) is 10.1. The van der Waals surface area contributed by atoms with Gasteiger partial charge in [-0.25, -0.2) is 0 Å². The number of benzene rings is 1. The maximum atomic E-state index is 8.84. The molecular formula is C10H7BrN2S. The molecule has 2 nitrogen and oxygen atoms in total. The van der Waals surface area contributed by atoms with Crippen LogP contribution in [0.2, 0.25) is 0 Å². The molecule has 0 bridgehead atoms. The van der Waals surface area contributed by atoms with Crippen LogP contribution in [0.25, 0.3) is 10.1 Å². The number of nitrogens with two attached hydrogens (primary N) is 1. The summed E-state index contributed by atoms with van der Waals surface area (Å²) in [6.07, 6.45) is 0. The average Bonchev–Trinajstić information content (AvgIpc) is 2.59. The predicted octanol–water partition coefficient (Wildman–Crippen LogP) is 3.25. The summed E-state index contributed by atoms with van der Waals surface area (Å²) in [5.41, 5.74) is 8.35. The second-order valence-electron chi connectivity index (χ2n) is 2.95. The highest BCUT2D eigenvalue weighted by atomic mass is 79.9. The van der Waals surface area contributed by atoms with Crippen molar-refractivity contribution in [3.05, 3.63) is 28.6 Å². The number of fused-ring (bicyclic) bond motifs is 1. The number of halogens is 1. The van der Waals surface area contributed by atoms with E-state index in [1.54, 1.807) is 11.3 Å². The molecule has 0 aliphatic carbocycles. The molecule has 0 aliphatic heterocycles. The number of thiophene rings is 1. The highest BCUT2D eigenvalue weighted by Crippen LogP contribution is 2.32. The van der Waals surface area contributed by atoms with Crippen molar-refractivity contribution in [2.75, 3.05) is 5.73 Å². The topological polar surface area (TPSA) is 49.8 Å². The minimum atomic E-state index is 0.664. The molecule has 2 rings (SSSR count). The summed E-state index contributed by atoms with van der Waals surface area (Å²) in [6.45, 7) is 0. The van der Waals surface area contributed by atoms with Crippen molar-refractivity contribution in [3.8, 4) is 6.07 Å². The Balaban J connectivity index is 2.84. The van der Waals surface area contributed by atoms with Gasteiger partial charge < -0.3 is 5.73 Å². The minimum absolute atomic E-state index is 0.664. The van der Waals surface area contributed by atoms with Crippen LogP contribution in [0, 0.1) is 11.3 Å². The van der Waals surface area contributed by atoms with Crippen LogP contribution in [0.1, 0.15) is 11.1 Å². The van der Waals surface area contributed by atoms with Gasteiger partial charge in [0.25, 0.3) is 0 Å². The molecule has 1 aromatic heterocycles. The van der Waals surface area contributed by atoms with Crippen LogP contribution in [0.15, 0.2) is 17.5 Å². The number of nitrogen functional groups attached to an aromatic ring is 1. The number of nitriles is 1. The summed E-state index contributed by atoms with van der Waals surface area (Å²) >= 11 is 5.03. The van der Waals surface area contributed by atoms with E-state index >= 15 is 0 Å². The van der Waals surface area contributed by atoms with E-state index in [0.717, 1.165) is 22.0 Å². The lowest BCUT2D eigenvalue weighted by Gasteiger charge is -1.99. The van der Waals surface area contributed by atoms with Gasteiger partial charge in [-0.3, -0.25) is 0 Å². The highest BCUT2D eigenvalue weighted by molar-refractivity contribution is 9.08. The Kier molecular flexibility index (Phi) is 2.44. The van der Waals surface area contributed by atoms with Gasteiger partial charge in [0, 0.05) is 20.8 Å². The summed E-state index contributed by atoms with van der Waals surface area (Å²) < 4.78 is 1.17. The van der Waals surface area contributed by atoms with Crippen molar-refractivity contribution in [3.63, 3.8) is 0 Å².